The molecule has 0 spiro atoms. The first-order chi connectivity index (χ1) is 22.0. The molecule has 0 aromatic heterocycles. The lowest BCUT2D eigenvalue weighted by Gasteiger charge is -2.34. The summed E-state index contributed by atoms with van der Waals surface area (Å²) in [6.07, 6.45) is 0.763. The number of rotatable bonds is 14. The molecule has 0 aliphatic heterocycles. The number of carbonyl (C=O) groups is 2. The summed E-state index contributed by atoms with van der Waals surface area (Å²) in [5.74, 6) is -1.24. The van der Waals surface area contributed by atoms with Crippen molar-refractivity contribution in [3.05, 3.63) is 125 Å². The third-order valence-corrected chi connectivity index (χ3v) is 9.62. The molecule has 4 aromatic rings. The molecular formula is C35H37ClFN3O5S. The van der Waals surface area contributed by atoms with Crippen LogP contribution in [-0.4, -0.2) is 50.9 Å². The standard InChI is InChI=1S/C35H37ClFN3O5S/c1-4-25(2)38-35(42)33(21-26-11-6-5-7-12-26)39(23-27-13-8-9-16-32(27)37)34(41)24-40(29-15-10-14-28(36)22-29)46(43,44)31-19-17-30(45-3)18-20-31/h5-20,22,25,33H,4,21,23-24H2,1-3H3,(H,38,42)/t25-,33-/m1/s1. The third kappa shape index (κ3) is 8.64. The Morgan fingerprint density at radius 3 is 2.24 bits per heavy atom. The van der Waals surface area contributed by atoms with Gasteiger partial charge in [-0.1, -0.05) is 73.1 Å². The van der Waals surface area contributed by atoms with Crippen LogP contribution in [0.4, 0.5) is 10.1 Å². The van der Waals surface area contributed by atoms with E-state index in [0.717, 1.165) is 9.87 Å². The van der Waals surface area contributed by atoms with Gasteiger partial charge in [-0.15, -0.1) is 0 Å². The number of anilines is 1. The van der Waals surface area contributed by atoms with Gasteiger partial charge in [-0.25, -0.2) is 12.8 Å². The third-order valence-electron chi connectivity index (χ3n) is 7.59. The zero-order valence-corrected chi connectivity index (χ0v) is 27.5. The van der Waals surface area contributed by atoms with Crippen molar-refractivity contribution in [2.75, 3.05) is 18.0 Å². The predicted molar refractivity (Wildman–Crippen MR) is 178 cm³/mol. The van der Waals surface area contributed by atoms with Crippen LogP contribution in [0.2, 0.25) is 5.02 Å². The van der Waals surface area contributed by atoms with Crippen molar-refractivity contribution in [2.24, 2.45) is 0 Å². The Balaban J connectivity index is 1.82. The Morgan fingerprint density at radius 2 is 1.61 bits per heavy atom. The molecule has 8 nitrogen and oxygen atoms in total. The fraction of sp³-hybridized carbons (Fsp3) is 0.257. The van der Waals surface area contributed by atoms with Crippen LogP contribution < -0.4 is 14.4 Å². The Labute approximate surface area is 274 Å². The van der Waals surface area contributed by atoms with Crippen molar-refractivity contribution in [1.29, 1.82) is 0 Å². The number of carbonyl (C=O) groups excluding carboxylic acids is 2. The largest absolute Gasteiger partial charge is 0.497 e. The van der Waals surface area contributed by atoms with Crippen LogP contribution in [0.5, 0.6) is 5.75 Å². The molecule has 4 rings (SSSR count). The zero-order chi connectivity index (χ0) is 33.3. The van der Waals surface area contributed by atoms with Crippen molar-refractivity contribution in [3.8, 4) is 5.75 Å². The number of benzene rings is 4. The zero-order valence-electron chi connectivity index (χ0n) is 25.9. The van der Waals surface area contributed by atoms with Crippen molar-refractivity contribution >= 4 is 39.1 Å². The molecule has 46 heavy (non-hydrogen) atoms. The Morgan fingerprint density at radius 1 is 0.935 bits per heavy atom. The fourth-order valence-electron chi connectivity index (χ4n) is 4.84. The van der Waals surface area contributed by atoms with Crippen LogP contribution in [0.3, 0.4) is 0 Å². The molecule has 11 heteroatoms. The van der Waals surface area contributed by atoms with Gasteiger partial charge < -0.3 is 15.0 Å². The van der Waals surface area contributed by atoms with Crippen LogP contribution >= 0.6 is 11.6 Å². The first-order valence-corrected chi connectivity index (χ1v) is 16.6. The second-order valence-electron chi connectivity index (χ2n) is 10.8. The molecule has 0 saturated heterocycles. The second-order valence-corrected chi connectivity index (χ2v) is 13.1. The molecule has 0 bridgehead atoms. The van der Waals surface area contributed by atoms with Gasteiger partial charge in [0.1, 0.15) is 24.2 Å². The van der Waals surface area contributed by atoms with Crippen molar-refractivity contribution < 1.29 is 27.1 Å². The number of methoxy groups -OCH3 is 1. The van der Waals surface area contributed by atoms with Crippen LogP contribution in [0, 0.1) is 5.82 Å². The summed E-state index contributed by atoms with van der Waals surface area (Å²) in [7, 11) is -2.87. The number of hydrogen-bond acceptors (Lipinski definition) is 5. The summed E-state index contributed by atoms with van der Waals surface area (Å²) in [5.41, 5.74) is 1.10. The maximum absolute atomic E-state index is 15.0. The van der Waals surface area contributed by atoms with E-state index >= 15 is 4.39 Å². The van der Waals surface area contributed by atoms with Crippen LogP contribution in [0.1, 0.15) is 31.4 Å². The molecular weight excluding hydrogens is 629 g/mol. The Hall–Kier alpha value is -4.41. The molecule has 0 radical (unpaired) electrons. The number of halogens is 2. The molecule has 1 N–H and O–H groups in total. The van der Waals surface area contributed by atoms with E-state index < -0.39 is 40.2 Å². The number of nitrogens with one attached hydrogen (secondary N) is 1. The molecule has 0 unspecified atom stereocenters. The second kappa shape index (κ2) is 15.7. The lowest BCUT2D eigenvalue weighted by molar-refractivity contribution is -0.140. The average molecular weight is 666 g/mol. The molecule has 4 aromatic carbocycles. The quantitative estimate of drug-likeness (QED) is 0.172. The normalized spacial score (nSPS) is 12.5. The smallest absolute Gasteiger partial charge is 0.264 e. The maximum Gasteiger partial charge on any atom is 0.264 e. The number of amides is 2. The highest BCUT2D eigenvalue weighted by Crippen LogP contribution is 2.28. The van der Waals surface area contributed by atoms with Gasteiger partial charge in [-0.3, -0.25) is 13.9 Å². The topological polar surface area (TPSA) is 96.0 Å². The number of ether oxygens (including phenoxy) is 1. The predicted octanol–water partition coefficient (Wildman–Crippen LogP) is 6.24. The minimum atomic E-state index is -4.34. The summed E-state index contributed by atoms with van der Waals surface area (Å²) in [4.78, 5) is 29.5. The lowest BCUT2D eigenvalue weighted by Crippen LogP contribution is -2.54. The number of nitrogens with zero attached hydrogens (tertiary/aromatic N) is 2. The van der Waals surface area contributed by atoms with Crippen molar-refractivity contribution in [3.63, 3.8) is 0 Å². The van der Waals surface area contributed by atoms with Crippen LogP contribution in [0.25, 0.3) is 0 Å². The van der Waals surface area contributed by atoms with Crippen LogP contribution in [0.15, 0.2) is 108 Å². The van der Waals surface area contributed by atoms with Gasteiger partial charge in [0.25, 0.3) is 10.0 Å². The summed E-state index contributed by atoms with van der Waals surface area (Å²) < 4.78 is 49.4. The summed E-state index contributed by atoms with van der Waals surface area (Å²) >= 11 is 6.26. The van der Waals surface area contributed by atoms with Crippen LogP contribution in [-0.2, 0) is 32.6 Å². The molecule has 0 fully saturated rings. The fourth-order valence-corrected chi connectivity index (χ4v) is 6.43. The molecule has 0 aliphatic rings. The van der Waals surface area contributed by atoms with Gasteiger partial charge in [0.05, 0.1) is 17.7 Å². The van der Waals surface area contributed by atoms with Gasteiger partial charge in [0.15, 0.2) is 0 Å². The Kier molecular flexibility index (Phi) is 11.8. The molecule has 242 valence electrons. The van der Waals surface area contributed by atoms with Gasteiger partial charge in [-0.2, -0.15) is 0 Å². The number of hydrogen-bond donors (Lipinski definition) is 1. The van der Waals surface area contributed by atoms with E-state index in [4.69, 9.17) is 16.3 Å². The highest BCUT2D eigenvalue weighted by atomic mass is 35.5. The van der Waals surface area contributed by atoms with Crippen molar-refractivity contribution in [1.82, 2.24) is 10.2 Å². The monoisotopic (exact) mass is 665 g/mol. The minimum absolute atomic E-state index is 0.0860. The average Bonchev–Trinajstić information content (AvgIpc) is 3.06. The molecule has 2 atom stereocenters. The first kappa shape index (κ1) is 34.5. The van der Waals surface area contributed by atoms with E-state index in [2.05, 4.69) is 5.32 Å². The molecule has 2 amide bonds. The summed E-state index contributed by atoms with van der Waals surface area (Å²) in [6, 6.07) is 25.7. The SMILES string of the molecule is CC[C@@H](C)NC(=O)[C@@H](Cc1ccccc1)N(Cc1ccccc1F)C(=O)CN(c1cccc(Cl)c1)S(=O)(=O)c1ccc(OC)cc1. The van der Waals surface area contributed by atoms with E-state index in [1.807, 2.05) is 44.2 Å². The van der Waals surface area contributed by atoms with Crippen molar-refractivity contribution in [2.45, 2.75) is 50.2 Å². The van der Waals surface area contributed by atoms with E-state index in [0.29, 0.717) is 12.2 Å². The molecule has 0 heterocycles. The summed E-state index contributed by atoms with van der Waals surface area (Å²) in [5, 5.41) is 3.22. The summed E-state index contributed by atoms with van der Waals surface area (Å²) in [6.45, 7) is 2.81. The van der Waals surface area contributed by atoms with Gasteiger partial charge >= 0.3 is 0 Å². The van der Waals surface area contributed by atoms with Gasteiger partial charge in [0.2, 0.25) is 11.8 Å². The number of sulfonamides is 1. The highest BCUT2D eigenvalue weighted by Gasteiger charge is 2.35. The minimum Gasteiger partial charge on any atom is -0.497 e. The first-order valence-electron chi connectivity index (χ1n) is 14.8. The van der Waals surface area contributed by atoms with E-state index in [9.17, 15) is 18.0 Å². The molecule has 0 aliphatic carbocycles. The molecule has 0 saturated carbocycles. The maximum atomic E-state index is 15.0. The van der Waals surface area contributed by atoms with E-state index in [-0.39, 0.29) is 40.2 Å². The highest BCUT2D eigenvalue weighted by molar-refractivity contribution is 7.92. The lowest BCUT2D eigenvalue weighted by atomic mass is 10.0. The van der Waals surface area contributed by atoms with Gasteiger partial charge in [0, 0.05) is 29.6 Å². The van der Waals surface area contributed by atoms with E-state index in [1.165, 1.54) is 66.6 Å². The van der Waals surface area contributed by atoms with Gasteiger partial charge in [-0.05, 0) is 67.4 Å². The Bertz CT molecular complexity index is 1740. The van der Waals surface area contributed by atoms with E-state index in [1.54, 1.807) is 18.2 Å².